The van der Waals surface area contributed by atoms with E-state index in [1.807, 2.05) is 6.92 Å². The van der Waals surface area contributed by atoms with E-state index in [4.69, 9.17) is 18.0 Å². The zero-order valence-electron chi connectivity index (χ0n) is 10.6. The summed E-state index contributed by atoms with van der Waals surface area (Å²) in [5.41, 5.74) is 5.63. The first kappa shape index (κ1) is 14.4. The van der Waals surface area contributed by atoms with Gasteiger partial charge in [0, 0.05) is 6.54 Å². The average molecular weight is 258 g/mol. The first-order valence-electron chi connectivity index (χ1n) is 6.23. The molecule has 3 unspecified atom stereocenters. The van der Waals surface area contributed by atoms with Crippen LogP contribution in [0.2, 0.25) is 0 Å². The third-order valence-electron chi connectivity index (χ3n) is 3.57. The molecule has 98 valence electrons. The largest absolute Gasteiger partial charge is 0.394 e. The Morgan fingerprint density at radius 2 is 2.29 bits per heavy atom. The van der Waals surface area contributed by atoms with Crippen LogP contribution in [0, 0.1) is 11.8 Å². The van der Waals surface area contributed by atoms with Gasteiger partial charge in [-0.3, -0.25) is 4.79 Å². The molecule has 0 aromatic rings. The third kappa shape index (κ3) is 3.16. The highest BCUT2D eigenvalue weighted by Gasteiger charge is 2.37. The molecule has 3 atom stereocenters. The van der Waals surface area contributed by atoms with Crippen molar-refractivity contribution in [1.82, 2.24) is 4.90 Å². The summed E-state index contributed by atoms with van der Waals surface area (Å²) >= 11 is 4.97. The monoisotopic (exact) mass is 258 g/mol. The number of hydrogen-bond acceptors (Lipinski definition) is 3. The first-order valence-corrected chi connectivity index (χ1v) is 6.64. The smallest absolute Gasteiger partial charge is 0.232 e. The van der Waals surface area contributed by atoms with Gasteiger partial charge in [-0.15, -0.1) is 0 Å². The van der Waals surface area contributed by atoms with Gasteiger partial charge in [-0.1, -0.05) is 32.5 Å². The number of amides is 1. The second-order valence-electron chi connectivity index (χ2n) is 4.79. The van der Waals surface area contributed by atoms with Crippen LogP contribution in [0.25, 0.3) is 0 Å². The first-order chi connectivity index (χ1) is 8.02. The zero-order valence-corrected chi connectivity index (χ0v) is 11.4. The van der Waals surface area contributed by atoms with Crippen molar-refractivity contribution in [1.29, 1.82) is 0 Å². The van der Waals surface area contributed by atoms with E-state index in [1.54, 1.807) is 4.90 Å². The van der Waals surface area contributed by atoms with Crippen LogP contribution in [0.1, 0.15) is 33.1 Å². The summed E-state index contributed by atoms with van der Waals surface area (Å²) in [7, 11) is 0. The molecule has 5 heteroatoms. The Balaban J connectivity index is 2.76. The Morgan fingerprint density at radius 3 is 2.76 bits per heavy atom. The fraction of sp³-hybridized carbons (Fsp3) is 0.833. The number of likely N-dealkylation sites (tertiary alicyclic amines) is 1. The topological polar surface area (TPSA) is 66.6 Å². The fourth-order valence-corrected chi connectivity index (χ4v) is 2.66. The van der Waals surface area contributed by atoms with Crippen molar-refractivity contribution in [2.24, 2.45) is 17.6 Å². The molecule has 1 saturated heterocycles. The molecule has 0 aliphatic carbocycles. The molecular weight excluding hydrogens is 236 g/mol. The van der Waals surface area contributed by atoms with Crippen molar-refractivity contribution in [2.45, 2.75) is 39.2 Å². The number of aliphatic hydroxyl groups excluding tert-OH is 1. The van der Waals surface area contributed by atoms with Gasteiger partial charge in [-0.25, -0.2) is 0 Å². The van der Waals surface area contributed by atoms with Crippen LogP contribution in [-0.2, 0) is 4.79 Å². The average Bonchev–Trinajstić information content (AvgIpc) is 2.65. The van der Waals surface area contributed by atoms with E-state index >= 15 is 0 Å². The Labute approximate surface area is 108 Å². The normalized spacial score (nSPS) is 25.9. The summed E-state index contributed by atoms with van der Waals surface area (Å²) in [6, 6.07) is -0.0730. The van der Waals surface area contributed by atoms with Crippen molar-refractivity contribution < 1.29 is 9.90 Å². The lowest BCUT2D eigenvalue weighted by molar-refractivity contribution is -0.135. The minimum absolute atomic E-state index is 0.0113. The second kappa shape index (κ2) is 6.31. The third-order valence-corrected chi connectivity index (χ3v) is 3.86. The molecule has 0 saturated carbocycles. The van der Waals surface area contributed by atoms with E-state index in [2.05, 4.69) is 6.92 Å². The number of thiocarbonyl (C=S) groups is 1. The molecule has 4 nitrogen and oxygen atoms in total. The molecule has 0 aromatic carbocycles. The fourth-order valence-electron chi connectivity index (χ4n) is 2.44. The van der Waals surface area contributed by atoms with Crippen LogP contribution in [-0.4, -0.2) is 40.1 Å². The van der Waals surface area contributed by atoms with E-state index in [0.29, 0.717) is 18.9 Å². The second-order valence-corrected chi connectivity index (χ2v) is 5.26. The van der Waals surface area contributed by atoms with E-state index in [1.165, 1.54) is 0 Å². The molecule has 1 amide bonds. The molecule has 0 radical (unpaired) electrons. The Hall–Kier alpha value is -0.680. The van der Waals surface area contributed by atoms with Crippen LogP contribution < -0.4 is 5.73 Å². The summed E-state index contributed by atoms with van der Waals surface area (Å²) in [5, 5.41) is 9.35. The number of nitrogens with zero attached hydrogens (tertiary/aromatic N) is 1. The maximum Gasteiger partial charge on any atom is 0.232 e. The minimum Gasteiger partial charge on any atom is -0.394 e. The highest BCUT2D eigenvalue weighted by molar-refractivity contribution is 7.80. The van der Waals surface area contributed by atoms with Crippen molar-refractivity contribution in [3.05, 3.63) is 0 Å². The van der Waals surface area contributed by atoms with Gasteiger partial charge in [0.15, 0.2) is 0 Å². The molecule has 0 aromatic heterocycles. The number of carbonyl (C=O) groups excluding carboxylic acids is 1. The van der Waals surface area contributed by atoms with Gasteiger partial charge in [-0.05, 0) is 18.8 Å². The predicted octanol–water partition coefficient (Wildman–Crippen LogP) is 0.918. The zero-order chi connectivity index (χ0) is 13.0. The summed E-state index contributed by atoms with van der Waals surface area (Å²) in [6.45, 7) is 4.79. The molecule has 3 N–H and O–H groups in total. The summed E-state index contributed by atoms with van der Waals surface area (Å²) in [4.78, 5) is 14.4. The van der Waals surface area contributed by atoms with Crippen molar-refractivity contribution >= 4 is 23.1 Å². The van der Waals surface area contributed by atoms with E-state index in [-0.39, 0.29) is 29.5 Å². The molecule has 1 aliphatic heterocycles. The lowest BCUT2D eigenvalue weighted by atomic mass is 10.00. The van der Waals surface area contributed by atoms with Gasteiger partial charge in [0.25, 0.3) is 0 Å². The van der Waals surface area contributed by atoms with E-state index in [0.717, 1.165) is 12.8 Å². The van der Waals surface area contributed by atoms with Crippen LogP contribution >= 0.6 is 12.2 Å². The van der Waals surface area contributed by atoms with Crippen molar-refractivity contribution in [3.8, 4) is 0 Å². The van der Waals surface area contributed by atoms with Gasteiger partial charge in [0.2, 0.25) is 5.91 Å². The van der Waals surface area contributed by atoms with Crippen LogP contribution in [0.15, 0.2) is 0 Å². The van der Waals surface area contributed by atoms with E-state index in [9.17, 15) is 9.90 Å². The molecule has 1 aliphatic rings. The minimum atomic E-state index is -0.366. The molecule has 0 spiro atoms. The standard InChI is InChI=1S/C12H22N2O2S/c1-3-4-9(11(13)17)12(16)14-6-5-8(2)10(14)7-15/h8-10,15H,3-7H2,1-2H3,(H2,13,17). The van der Waals surface area contributed by atoms with Crippen LogP contribution in [0.4, 0.5) is 0 Å². The predicted molar refractivity (Wildman–Crippen MR) is 71.6 cm³/mol. The van der Waals surface area contributed by atoms with Crippen LogP contribution in [0.3, 0.4) is 0 Å². The van der Waals surface area contributed by atoms with Crippen LogP contribution in [0.5, 0.6) is 0 Å². The number of nitrogens with two attached hydrogens (primary N) is 1. The molecule has 17 heavy (non-hydrogen) atoms. The van der Waals surface area contributed by atoms with Gasteiger partial charge in [0.1, 0.15) is 0 Å². The molecule has 1 rings (SSSR count). The highest BCUT2D eigenvalue weighted by Crippen LogP contribution is 2.26. The maximum atomic E-state index is 12.3. The van der Waals surface area contributed by atoms with Gasteiger partial charge < -0.3 is 15.7 Å². The van der Waals surface area contributed by atoms with Crippen molar-refractivity contribution in [3.63, 3.8) is 0 Å². The summed E-state index contributed by atoms with van der Waals surface area (Å²) in [5.74, 6) is -0.0327. The quantitative estimate of drug-likeness (QED) is 0.720. The SMILES string of the molecule is CCCC(C(=O)N1CCC(C)C1CO)C(N)=S. The van der Waals surface area contributed by atoms with Gasteiger partial charge in [0.05, 0.1) is 23.6 Å². The lowest BCUT2D eigenvalue weighted by Crippen LogP contribution is -2.46. The lowest BCUT2D eigenvalue weighted by Gasteiger charge is -2.28. The Morgan fingerprint density at radius 1 is 1.65 bits per heavy atom. The molecule has 1 fully saturated rings. The highest BCUT2D eigenvalue weighted by atomic mass is 32.1. The maximum absolute atomic E-state index is 12.3. The molecular formula is C12H22N2O2S. The number of rotatable bonds is 5. The Bertz CT molecular complexity index is 296. The summed E-state index contributed by atoms with van der Waals surface area (Å²) in [6.07, 6.45) is 2.51. The Kier molecular flexibility index (Phi) is 5.33. The number of aliphatic hydroxyl groups is 1. The number of carbonyl (C=O) groups is 1. The van der Waals surface area contributed by atoms with Crippen molar-refractivity contribution in [2.75, 3.05) is 13.2 Å². The van der Waals surface area contributed by atoms with E-state index < -0.39 is 0 Å². The molecule has 0 bridgehead atoms. The van der Waals surface area contributed by atoms with Gasteiger partial charge >= 0.3 is 0 Å². The summed E-state index contributed by atoms with van der Waals surface area (Å²) < 4.78 is 0. The molecule has 1 heterocycles. The van der Waals surface area contributed by atoms with Gasteiger partial charge in [-0.2, -0.15) is 0 Å². The number of hydrogen-bond donors (Lipinski definition) is 2.